The lowest BCUT2D eigenvalue weighted by molar-refractivity contribution is 0.0947. The predicted molar refractivity (Wildman–Crippen MR) is 49.1 cm³/mol. The summed E-state index contributed by atoms with van der Waals surface area (Å²) in [5.41, 5.74) is -1.10. The molecule has 82 valence electrons. The van der Waals surface area contributed by atoms with Crippen molar-refractivity contribution in [3.8, 4) is 0 Å². The summed E-state index contributed by atoms with van der Waals surface area (Å²) in [6.07, 6.45) is 0. The fourth-order valence-electron chi connectivity index (χ4n) is 1.15. The molecule has 0 saturated heterocycles. The Kier molecular flexibility index (Phi) is 3.34. The Balaban J connectivity index is 3.29. The number of amides is 1. The molecule has 0 fully saturated rings. The van der Waals surface area contributed by atoms with Gasteiger partial charge < -0.3 is 5.32 Å². The molecule has 0 spiro atoms. The fraction of sp³-hybridized carbons (Fsp3) is 0.300. The number of carbonyl (C=O) groups excluding carboxylic acids is 1. The average Bonchev–Trinajstić information content (AvgIpc) is 2.15. The van der Waals surface area contributed by atoms with Crippen molar-refractivity contribution in [3.05, 3.63) is 34.6 Å². The van der Waals surface area contributed by atoms with Crippen LogP contribution in [0.25, 0.3) is 0 Å². The van der Waals surface area contributed by atoms with E-state index in [1.165, 1.54) is 0 Å². The number of halogens is 3. The number of hydrogen-bond acceptors (Lipinski definition) is 1. The number of nitrogens with one attached hydrogen (secondary N) is 1. The summed E-state index contributed by atoms with van der Waals surface area (Å²) in [5, 5.41) is 2.25. The summed E-state index contributed by atoms with van der Waals surface area (Å²) < 4.78 is 39.3. The van der Waals surface area contributed by atoms with Gasteiger partial charge in [0.15, 0.2) is 0 Å². The number of hydrogen-bond donors (Lipinski definition) is 1. The number of rotatable bonds is 2. The lowest BCUT2D eigenvalue weighted by Gasteiger charge is -2.07. The molecule has 2 nitrogen and oxygen atoms in total. The van der Waals surface area contributed by atoms with Gasteiger partial charge in [-0.3, -0.25) is 4.79 Å². The minimum Gasteiger partial charge on any atom is -0.352 e. The van der Waals surface area contributed by atoms with Gasteiger partial charge >= 0.3 is 0 Å². The first-order valence-electron chi connectivity index (χ1n) is 4.41. The van der Waals surface area contributed by atoms with Crippen molar-refractivity contribution in [3.63, 3.8) is 0 Å². The van der Waals surface area contributed by atoms with Gasteiger partial charge in [0.25, 0.3) is 5.91 Å². The van der Waals surface area contributed by atoms with Gasteiger partial charge in [-0.1, -0.05) is 0 Å². The third-order valence-electron chi connectivity index (χ3n) is 1.96. The fourth-order valence-corrected chi connectivity index (χ4v) is 1.15. The first kappa shape index (κ1) is 11.6. The van der Waals surface area contributed by atoms with Crippen LogP contribution in [0.15, 0.2) is 6.07 Å². The number of benzene rings is 1. The molecule has 1 amide bonds. The molecule has 1 aromatic carbocycles. The molecular weight excluding hydrogens is 207 g/mol. The molecule has 0 unspecified atom stereocenters. The van der Waals surface area contributed by atoms with E-state index in [-0.39, 0.29) is 12.1 Å². The highest BCUT2D eigenvalue weighted by atomic mass is 19.1. The summed E-state index contributed by atoms with van der Waals surface area (Å²) in [4.78, 5) is 11.2. The van der Waals surface area contributed by atoms with Crippen LogP contribution in [0.5, 0.6) is 0 Å². The van der Waals surface area contributed by atoms with Crippen molar-refractivity contribution < 1.29 is 18.0 Å². The van der Waals surface area contributed by atoms with Gasteiger partial charge in [-0.2, -0.15) is 0 Å². The second-order valence-corrected chi connectivity index (χ2v) is 3.01. The van der Waals surface area contributed by atoms with E-state index in [0.717, 1.165) is 6.92 Å². The van der Waals surface area contributed by atoms with Crippen LogP contribution < -0.4 is 5.32 Å². The monoisotopic (exact) mass is 217 g/mol. The average molecular weight is 217 g/mol. The van der Waals surface area contributed by atoms with Gasteiger partial charge in [-0.25, -0.2) is 13.2 Å². The maximum atomic E-state index is 13.4. The Morgan fingerprint density at radius 2 is 1.93 bits per heavy atom. The molecule has 0 atom stereocenters. The van der Waals surface area contributed by atoms with E-state index in [0.29, 0.717) is 6.07 Å². The zero-order valence-electron chi connectivity index (χ0n) is 8.33. The van der Waals surface area contributed by atoms with Crippen molar-refractivity contribution in [2.24, 2.45) is 0 Å². The van der Waals surface area contributed by atoms with Crippen LogP contribution in [0.4, 0.5) is 13.2 Å². The predicted octanol–water partition coefficient (Wildman–Crippen LogP) is 2.16. The Bertz CT molecular complexity index is 404. The van der Waals surface area contributed by atoms with E-state index in [2.05, 4.69) is 5.32 Å². The van der Waals surface area contributed by atoms with Gasteiger partial charge in [0.1, 0.15) is 23.0 Å². The molecular formula is C10H10F3NO. The minimum atomic E-state index is -1.19. The van der Waals surface area contributed by atoms with Crippen LogP contribution in [-0.2, 0) is 0 Å². The molecule has 0 aliphatic carbocycles. The first-order chi connectivity index (χ1) is 6.99. The van der Waals surface area contributed by atoms with Crippen LogP contribution >= 0.6 is 0 Å². The summed E-state index contributed by atoms with van der Waals surface area (Å²) in [5.74, 6) is -4.23. The molecule has 1 aromatic rings. The third-order valence-corrected chi connectivity index (χ3v) is 1.96. The highest BCUT2D eigenvalue weighted by Gasteiger charge is 2.21. The summed E-state index contributed by atoms with van der Waals surface area (Å²) >= 11 is 0. The highest BCUT2D eigenvalue weighted by Crippen LogP contribution is 2.19. The van der Waals surface area contributed by atoms with E-state index < -0.39 is 28.9 Å². The normalized spacial score (nSPS) is 10.2. The second kappa shape index (κ2) is 4.33. The SMILES string of the molecule is CCNC(=O)c1c(F)cc(F)c(C)c1F. The van der Waals surface area contributed by atoms with E-state index in [1.54, 1.807) is 6.92 Å². The zero-order valence-corrected chi connectivity index (χ0v) is 8.33. The second-order valence-electron chi connectivity index (χ2n) is 3.01. The Hall–Kier alpha value is -1.52. The molecule has 0 heterocycles. The molecule has 0 aliphatic heterocycles. The summed E-state index contributed by atoms with van der Waals surface area (Å²) in [6.45, 7) is 3.01. The Morgan fingerprint density at radius 1 is 1.33 bits per heavy atom. The van der Waals surface area contributed by atoms with Crippen LogP contribution in [-0.4, -0.2) is 12.5 Å². The van der Waals surface area contributed by atoms with Crippen molar-refractivity contribution in [2.75, 3.05) is 6.54 Å². The quantitative estimate of drug-likeness (QED) is 0.808. The molecule has 0 saturated carbocycles. The van der Waals surface area contributed by atoms with Crippen LogP contribution in [0.2, 0.25) is 0 Å². The Morgan fingerprint density at radius 3 is 2.47 bits per heavy atom. The van der Waals surface area contributed by atoms with Crippen LogP contribution in [0.3, 0.4) is 0 Å². The standard InChI is InChI=1S/C10H10F3NO/c1-3-14-10(15)8-7(12)4-6(11)5(2)9(8)13/h4H,3H2,1-2H3,(H,14,15). The lowest BCUT2D eigenvalue weighted by atomic mass is 10.1. The summed E-state index contributed by atoms with van der Waals surface area (Å²) in [7, 11) is 0. The molecule has 1 rings (SSSR count). The summed E-state index contributed by atoms with van der Waals surface area (Å²) in [6, 6.07) is 0.503. The van der Waals surface area contributed by atoms with E-state index in [9.17, 15) is 18.0 Å². The van der Waals surface area contributed by atoms with Gasteiger partial charge in [0.2, 0.25) is 0 Å². The minimum absolute atomic E-state index is 0.244. The maximum Gasteiger partial charge on any atom is 0.257 e. The topological polar surface area (TPSA) is 29.1 Å². The zero-order chi connectivity index (χ0) is 11.6. The van der Waals surface area contributed by atoms with Crippen molar-refractivity contribution >= 4 is 5.91 Å². The largest absolute Gasteiger partial charge is 0.352 e. The number of carbonyl (C=O) groups is 1. The van der Waals surface area contributed by atoms with E-state index in [4.69, 9.17) is 0 Å². The van der Waals surface area contributed by atoms with E-state index >= 15 is 0 Å². The van der Waals surface area contributed by atoms with Crippen molar-refractivity contribution in [1.82, 2.24) is 5.32 Å². The van der Waals surface area contributed by atoms with Crippen LogP contribution in [0, 0.1) is 24.4 Å². The molecule has 0 bridgehead atoms. The third kappa shape index (κ3) is 2.11. The molecule has 1 N–H and O–H groups in total. The van der Waals surface area contributed by atoms with Gasteiger partial charge in [-0.05, 0) is 13.8 Å². The molecule has 0 radical (unpaired) electrons. The Labute approximate surface area is 85.1 Å². The van der Waals surface area contributed by atoms with Gasteiger partial charge in [0, 0.05) is 18.2 Å². The lowest BCUT2D eigenvalue weighted by Crippen LogP contribution is -2.25. The molecule has 15 heavy (non-hydrogen) atoms. The van der Waals surface area contributed by atoms with Gasteiger partial charge in [-0.15, -0.1) is 0 Å². The molecule has 0 aromatic heterocycles. The maximum absolute atomic E-state index is 13.4. The van der Waals surface area contributed by atoms with Crippen molar-refractivity contribution in [1.29, 1.82) is 0 Å². The smallest absolute Gasteiger partial charge is 0.257 e. The van der Waals surface area contributed by atoms with E-state index in [1.807, 2.05) is 0 Å². The van der Waals surface area contributed by atoms with Gasteiger partial charge in [0.05, 0.1) is 0 Å². The first-order valence-corrected chi connectivity index (χ1v) is 4.41. The van der Waals surface area contributed by atoms with Crippen LogP contribution in [0.1, 0.15) is 22.8 Å². The highest BCUT2D eigenvalue weighted by molar-refractivity contribution is 5.94. The molecule has 5 heteroatoms. The molecule has 0 aliphatic rings. The van der Waals surface area contributed by atoms with Crippen molar-refractivity contribution in [2.45, 2.75) is 13.8 Å².